The monoisotopic (exact) mass is 223 g/mol. The molecule has 0 aliphatic rings. The molecule has 0 bridgehead atoms. The molecule has 0 saturated heterocycles. The molecule has 0 heterocycles. The van der Waals surface area contributed by atoms with Gasteiger partial charge in [0.2, 0.25) is 0 Å². The maximum atomic E-state index is 11.0. The van der Waals surface area contributed by atoms with Gasteiger partial charge in [0.15, 0.2) is 0 Å². The lowest BCUT2D eigenvalue weighted by Crippen LogP contribution is -2.28. The van der Waals surface area contributed by atoms with Gasteiger partial charge in [-0.2, -0.15) is 0 Å². The highest BCUT2D eigenvalue weighted by Gasteiger charge is 2.29. The molecule has 0 unspecified atom stereocenters. The summed E-state index contributed by atoms with van der Waals surface area (Å²) in [5, 5.41) is 17.9. The van der Waals surface area contributed by atoms with E-state index in [0.717, 1.165) is 5.56 Å². The molecule has 1 aromatic carbocycles. The number of carbonyl (C=O) groups is 1. The first-order valence-corrected chi connectivity index (χ1v) is 5.10. The van der Waals surface area contributed by atoms with Gasteiger partial charge in [0.1, 0.15) is 0 Å². The van der Waals surface area contributed by atoms with Gasteiger partial charge < -0.3 is 15.9 Å². The summed E-state index contributed by atoms with van der Waals surface area (Å²) in [5.41, 5.74) is 6.25. The van der Waals surface area contributed by atoms with Crippen LogP contribution < -0.4 is 5.73 Å². The summed E-state index contributed by atoms with van der Waals surface area (Å²) in [5.74, 6) is -0.869. The smallest absolute Gasteiger partial charge is 0.313 e. The van der Waals surface area contributed by atoms with Crippen molar-refractivity contribution in [2.45, 2.75) is 25.3 Å². The average molecular weight is 223 g/mol. The molecule has 4 nitrogen and oxygen atoms in total. The zero-order valence-corrected chi connectivity index (χ0v) is 9.47. The predicted octanol–water partition coefficient (Wildman–Crippen LogP) is 1.04. The molecule has 0 aromatic heterocycles. The van der Waals surface area contributed by atoms with Gasteiger partial charge >= 0.3 is 5.97 Å². The quantitative estimate of drug-likeness (QED) is 0.712. The highest BCUT2D eigenvalue weighted by atomic mass is 16.4. The van der Waals surface area contributed by atoms with Crippen molar-refractivity contribution in [2.75, 3.05) is 6.61 Å². The van der Waals surface area contributed by atoms with E-state index in [9.17, 15) is 4.79 Å². The lowest BCUT2D eigenvalue weighted by Gasteiger charge is -2.20. The number of hydrogen-bond donors (Lipinski definition) is 3. The topological polar surface area (TPSA) is 83.5 Å². The second-order valence-corrected chi connectivity index (χ2v) is 4.34. The predicted molar refractivity (Wildman–Crippen MR) is 61.1 cm³/mol. The summed E-state index contributed by atoms with van der Waals surface area (Å²) in [6.45, 7) is 3.17. The van der Waals surface area contributed by atoms with E-state index in [1.54, 1.807) is 38.1 Å². The van der Waals surface area contributed by atoms with Crippen LogP contribution >= 0.6 is 0 Å². The number of carboxylic acids is 1. The van der Waals surface area contributed by atoms with Crippen molar-refractivity contribution in [3.05, 3.63) is 35.4 Å². The zero-order valence-electron chi connectivity index (χ0n) is 9.47. The minimum atomic E-state index is -0.915. The molecule has 4 N–H and O–H groups in total. The SMILES string of the molecule is CC(C)(C(=O)O)c1ccc([C@H](N)CO)cc1. The van der Waals surface area contributed by atoms with E-state index in [4.69, 9.17) is 15.9 Å². The summed E-state index contributed by atoms with van der Waals surface area (Å²) < 4.78 is 0. The Morgan fingerprint density at radius 3 is 2.25 bits per heavy atom. The number of carboxylic acid groups (broad SMARTS) is 1. The highest BCUT2D eigenvalue weighted by molar-refractivity contribution is 5.80. The molecular weight excluding hydrogens is 206 g/mol. The van der Waals surface area contributed by atoms with E-state index in [1.807, 2.05) is 0 Å². The molecule has 16 heavy (non-hydrogen) atoms. The molecule has 1 atom stereocenters. The standard InChI is InChI=1S/C12H17NO3/c1-12(2,11(15)16)9-5-3-8(4-6-9)10(13)7-14/h3-6,10,14H,7,13H2,1-2H3,(H,15,16)/t10-/m1/s1. The van der Waals surface area contributed by atoms with Crippen molar-refractivity contribution in [1.29, 1.82) is 0 Å². The van der Waals surface area contributed by atoms with Gasteiger partial charge in [-0.15, -0.1) is 0 Å². The molecule has 1 rings (SSSR count). The van der Waals surface area contributed by atoms with Gasteiger partial charge in [-0.05, 0) is 25.0 Å². The normalized spacial score (nSPS) is 13.5. The number of aliphatic hydroxyl groups is 1. The summed E-state index contributed by atoms with van der Waals surface area (Å²) in [6, 6.07) is 6.56. The molecule has 0 aliphatic heterocycles. The van der Waals surface area contributed by atoms with E-state index in [-0.39, 0.29) is 6.61 Å². The second kappa shape index (κ2) is 4.63. The van der Waals surface area contributed by atoms with E-state index in [0.29, 0.717) is 5.56 Å². The third-order valence-corrected chi connectivity index (χ3v) is 2.79. The summed E-state index contributed by atoms with van der Waals surface area (Å²) >= 11 is 0. The zero-order chi connectivity index (χ0) is 12.3. The minimum Gasteiger partial charge on any atom is -0.481 e. The Kier molecular flexibility index (Phi) is 3.67. The molecule has 0 fully saturated rings. The van der Waals surface area contributed by atoms with Gasteiger partial charge in [-0.25, -0.2) is 0 Å². The lowest BCUT2D eigenvalue weighted by molar-refractivity contribution is -0.142. The Balaban J connectivity index is 2.99. The van der Waals surface area contributed by atoms with Crippen LogP contribution in [0.25, 0.3) is 0 Å². The molecular formula is C12H17NO3. The van der Waals surface area contributed by atoms with Crippen LogP contribution in [0.1, 0.15) is 31.0 Å². The number of rotatable bonds is 4. The Bertz CT molecular complexity index is 370. The first kappa shape index (κ1) is 12.7. The number of aliphatic hydroxyl groups excluding tert-OH is 1. The fourth-order valence-corrected chi connectivity index (χ4v) is 1.38. The van der Waals surface area contributed by atoms with E-state index < -0.39 is 17.4 Å². The van der Waals surface area contributed by atoms with Crippen LogP contribution in [0.5, 0.6) is 0 Å². The van der Waals surface area contributed by atoms with Crippen molar-refractivity contribution in [3.63, 3.8) is 0 Å². The van der Waals surface area contributed by atoms with Gasteiger partial charge in [-0.1, -0.05) is 24.3 Å². The van der Waals surface area contributed by atoms with Gasteiger partial charge in [0.25, 0.3) is 0 Å². The van der Waals surface area contributed by atoms with Crippen LogP contribution in [-0.2, 0) is 10.2 Å². The van der Waals surface area contributed by atoms with Crippen LogP contribution in [0.4, 0.5) is 0 Å². The molecule has 0 amide bonds. The molecule has 0 saturated carbocycles. The second-order valence-electron chi connectivity index (χ2n) is 4.34. The highest BCUT2D eigenvalue weighted by Crippen LogP contribution is 2.24. The Morgan fingerprint density at radius 2 is 1.88 bits per heavy atom. The fraction of sp³-hybridized carbons (Fsp3) is 0.417. The Hall–Kier alpha value is -1.39. The van der Waals surface area contributed by atoms with Crippen LogP contribution in [0, 0.1) is 0 Å². The molecule has 0 aliphatic carbocycles. The maximum Gasteiger partial charge on any atom is 0.313 e. The van der Waals surface area contributed by atoms with E-state index >= 15 is 0 Å². The Morgan fingerprint density at radius 1 is 1.38 bits per heavy atom. The molecule has 1 aromatic rings. The van der Waals surface area contributed by atoms with E-state index in [2.05, 4.69) is 0 Å². The number of hydrogen-bond acceptors (Lipinski definition) is 3. The van der Waals surface area contributed by atoms with Crippen molar-refractivity contribution in [2.24, 2.45) is 5.73 Å². The number of aliphatic carboxylic acids is 1. The van der Waals surface area contributed by atoms with Gasteiger partial charge in [-0.3, -0.25) is 4.79 Å². The van der Waals surface area contributed by atoms with Crippen LogP contribution in [0.3, 0.4) is 0 Å². The molecule has 0 spiro atoms. The average Bonchev–Trinajstić information content (AvgIpc) is 2.28. The lowest BCUT2D eigenvalue weighted by atomic mass is 9.84. The van der Waals surface area contributed by atoms with Gasteiger partial charge in [0, 0.05) is 0 Å². The molecule has 0 radical (unpaired) electrons. The maximum absolute atomic E-state index is 11.0. The third kappa shape index (κ3) is 2.40. The fourth-order valence-electron chi connectivity index (χ4n) is 1.38. The van der Waals surface area contributed by atoms with E-state index in [1.165, 1.54) is 0 Å². The largest absolute Gasteiger partial charge is 0.481 e. The molecule has 88 valence electrons. The van der Waals surface area contributed by atoms with Crippen molar-refractivity contribution in [1.82, 2.24) is 0 Å². The summed E-state index contributed by atoms with van der Waals surface area (Å²) in [7, 11) is 0. The van der Waals surface area contributed by atoms with Crippen LogP contribution in [-0.4, -0.2) is 22.8 Å². The number of nitrogens with two attached hydrogens (primary N) is 1. The van der Waals surface area contributed by atoms with Crippen LogP contribution in [0.2, 0.25) is 0 Å². The number of benzene rings is 1. The third-order valence-electron chi connectivity index (χ3n) is 2.79. The molecule has 4 heteroatoms. The van der Waals surface area contributed by atoms with Crippen molar-refractivity contribution >= 4 is 5.97 Å². The van der Waals surface area contributed by atoms with Crippen molar-refractivity contribution in [3.8, 4) is 0 Å². The summed E-state index contributed by atoms with van der Waals surface area (Å²) in [6.07, 6.45) is 0. The minimum absolute atomic E-state index is 0.123. The Labute approximate surface area is 94.7 Å². The summed E-state index contributed by atoms with van der Waals surface area (Å²) in [4.78, 5) is 11.0. The van der Waals surface area contributed by atoms with Crippen LogP contribution in [0.15, 0.2) is 24.3 Å². The first-order valence-electron chi connectivity index (χ1n) is 5.10. The van der Waals surface area contributed by atoms with Gasteiger partial charge in [0.05, 0.1) is 18.1 Å². The van der Waals surface area contributed by atoms with Crippen molar-refractivity contribution < 1.29 is 15.0 Å². The first-order chi connectivity index (χ1) is 7.39.